The second-order valence-corrected chi connectivity index (χ2v) is 5.27. The Bertz CT molecular complexity index is 430. The molecule has 4 N–H and O–H groups in total. The van der Waals surface area contributed by atoms with Crippen LogP contribution in [0.25, 0.3) is 0 Å². The summed E-state index contributed by atoms with van der Waals surface area (Å²) in [5.74, 6) is -0.0746. The summed E-state index contributed by atoms with van der Waals surface area (Å²) in [7, 11) is 0. The van der Waals surface area contributed by atoms with E-state index in [4.69, 9.17) is 17.3 Å². The van der Waals surface area contributed by atoms with Gasteiger partial charge in [0.15, 0.2) is 5.13 Å². The third-order valence-corrected chi connectivity index (χ3v) is 2.85. The zero-order valence-corrected chi connectivity index (χ0v) is 11.3. The molecule has 0 unspecified atom stereocenters. The predicted octanol–water partition coefficient (Wildman–Crippen LogP) is 2.03. The molecule has 1 aromatic heterocycles. The lowest BCUT2D eigenvalue weighted by molar-refractivity contribution is 0.0962. The van der Waals surface area contributed by atoms with Gasteiger partial charge in [-0.3, -0.25) is 4.79 Å². The molecule has 94 valence electrons. The summed E-state index contributed by atoms with van der Waals surface area (Å²) >= 11 is 6.77. The highest BCUT2D eigenvalue weighted by molar-refractivity contribution is 7.18. The van der Waals surface area contributed by atoms with Crippen LogP contribution in [0, 0.1) is 0 Å². The molecular formula is C10H15ClN4OS. The van der Waals surface area contributed by atoms with Gasteiger partial charge >= 0.3 is 0 Å². The Morgan fingerprint density at radius 2 is 2.29 bits per heavy atom. The molecule has 0 aliphatic carbocycles. The van der Waals surface area contributed by atoms with Gasteiger partial charge in [-0.2, -0.15) is 0 Å². The van der Waals surface area contributed by atoms with Gasteiger partial charge in [0, 0.05) is 11.1 Å². The molecule has 1 aromatic rings. The van der Waals surface area contributed by atoms with Crippen molar-refractivity contribution < 1.29 is 4.79 Å². The summed E-state index contributed by atoms with van der Waals surface area (Å²) in [5.41, 5.74) is 5.67. The van der Waals surface area contributed by atoms with Gasteiger partial charge < -0.3 is 16.4 Å². The first-order valence-corrected chi connectivity index (χ1v) is 6.24. The Kier molecular flexibility index (Phi) is 4.77. The van der Waals surface area contributed by atoms with E-state index in [1.54, 1.807) is 0 Å². The lowest BCUT2D eigenvalue weighted by Crippen LogP contribution is -2.24. The van der Waals surface area contributed by atoms with Gasteiger partial charge in [0.25, 0.3) is 5.91 Å². The first-order chi connectivity index (χ1) is 7.90. The summed E-state index contributed by atoms with van der Waals surface area (Å²) in [6.07, 6.45) is 0. The molecule has 0 aromatic carbocycles. The minimum Gasteiger partial charge on any atom is -0.382 e. The van der Waals surface area contributed by atoms with E-state index in [0.29, 0.717) is 15.0 Å². The molecule has 0 atom stereocenters. The van der Waals surface area contributed by atoms with E-state index < -0.39 is 0 Å². The molecule has 0 radical (unpaired) electrons. The number of nitrogens with two attached hydrogens (primary N) is 1. The summed E-state index contributed by atoms with van der Waals surface area (Å²) < 4.78 is 0. The molecule has 0 aliphatic rings. The van der Waals surface area contributed by atoms with Crippen LogP contribution in [-0.4, -0.2) is 23.5 Å². The number of anilines is 2. The van der Waals surface area contributed by atoms with Gasteiger partial charge in [-0.05, 0) is 13.8 Å². The summed E-state index contributed by atoms with van der Waals surface area (Å²) in [6, 6.07) is 0.235. The fourth-order valence-electron chi connectivity index (χ4n) is 1.06. The highest BCUT2D eigenvalue weighted by Crippen LogP contribution is 2.25. The highest BCUT2D eigenvalue weighted by atomic mass is 35.5. The molecule has 1 amide bonds. The first kappa shape index (κ1) is 13.8. The van der Waals surface area contributed by atoms with Crippen LogP contribution < -0.4 is 16.4 Å². The van der Waals surface area contributed by atoms with Crippen LogP contribution in [0.5, 0.6) is 0 Å². The maximum absolute atomic E-state index is 11.7. The summed E-state index contributed by atoms with van der Waals surface area (Å²) in [4.78, 5) is 16.2. The average Bonchev–Trinajstić information content (AvgIpc) is 2.54. The lowest BCUT2D eigenvalue weighted by Gasteiger charge is -2.04. The van der Waals surface area contributed by atoms with Crippen molar-refractivity contribution in [2.45, 2.75) is 19.9 Å². The van der Waals surface area contributed by atoms with Crippen molar-refractivity contribution in [1.29, 1.82) is 0 Å². The van der Waals surface area contributed by atoms with Crippen molar-refractivity contribution in [3.8, 4) is 0 Å². The van der Waals surface area contributed by atoms with Crippen molar-refractivity contribution in [3.63, 3.8) is 0 Å². The molecule has 1 rings (SSSR count). The average molecular weight is 275 g/mol. The van der Waals surface area contributed by atoms with E-state index in [-0.39, 0.29) is 24.3 Å². The van der Waals surface area contributed by atoms with Crippen LogP contribution in [0.2, 0.25) is 0 Å². The third-order valence-electron chi connectivity index (χ3n) is 1.71. The monoisotopic (exact) mass is 274 g/mol. The Hall–Kier alpha value is -1.27. The summed E-state index contributed by atoms with van der Waals surface area (Å²) in [6.45, 7) is 7.66. The van der Waals surface area contributed by atoms with Crippen molar-refractivity contribution >= 4 is 39.8 Å². The fraction of sp³-hybridized carbons (Fsp3) is 0.400. The molecule has 0 saturated carbocycles. The SMILES string of the molecule is C=C(Cl)CNC(=O)c1sc(NC(C)C)nc1N. The van der Waals surface area contributed by atoms with Crippen molar-refractivity contribution in [3.05, 3.63) is 16.5 Å². The van der Waals surface area contributed by atoms with Gasteiger partial charge in [0.05, 0.1) is 6.54 Å². The number of nitrogen functional groups attached to an aromatic ring is 1. The van der Waals surface area contributed by atoms with Crippen LogP contribution >= 0.6 is 22.9 Å². The van der Waals surface area contributed by atoms with Gasteiger partial charge in [0.1, 0.15) is 10.7 Å². The number of thiazole rings is 1. The van der Waals surface area contributed by atoms with Gasteiger partial charge in [-0.25, -0.2) is 4.98 Å². The molecule has 7 heteroatoms. The minimum absolute atomic E-state index is 0.213. The van der Waals surface area contributed by atoms with Crippen molar-refractivity contribution in [1.82, 2.24) is 10.3 Å². The van der Waals surface area contributed by atoms with Crippen LogP contribution in [0.3, 0.4) is 0 Å². The topological polar surface area (TPSA) is 80.0 Å². The highest BCUT2D eigenvalue weighted by Gasteiger charge is 2.16. The number of carbonyl (C=O) groups is 1. The lowest BCUT2D eigenvalue weighted by atomic mass is 10.4. The van der Waals surface area contributed by atoms with E-state index >= 15 is 0 Å². The number of halogens is 1. The van der Waals surface area contributed by atoms with Crippen LogP contribution in [0.1, 0.15) is 23.5 Å². The van der Waals surface area contributed by atoms with E-state index in [9.17, 15) is 4.79 Å². The van der Waals surface area contributed by atoms with Gasteiger partial charge in [-0.1, -0.05) is 29.5 Å². The number of hydrogen-bond acceptors (Lipinski definition) is 5. The maximum atomic E-state index is 11.7. The standard InChI is InChI=1S/C10H15ClN4OS/c1-5(2)14-10-15-8(12)7(17-10)9(16)13-4-6(3)11/h5H,3-4,12H2,1-2H3,(H,13,16)(H,14,15). The quantitative estimate of drug-likeness (QED) is 0.767. The maximum Gasteiger partial charge on any atom is 0.265 e. The van der Waals surface area contributed by atoms with E-state index in [1.165, 1.54) is 11.3 Å². The molecule has 0 aliphatic heterocycles. The number of aromatic nitrogens is 1. The Morgan fingerprint density at radius 1 is 1.65 bits per heavy atom. The second kappa shape index (κ2) is 5.88. The number of rotatable bonds is 5. The number of nitrogens with one attached hydrogen (secondary N) is 2. The molecule has 1 heterocycles. The number of nitrogens with zero attached hydrogens (tertiary/aromatic N) is 1. The van der Waals surface area contributed by atoms with Crippen LogP contribution in [-0.2, 0) is 0 Å². The van der Waals surface area contributed by atoms with E-state index in [2.05, 4.69) is 22.2 Å². The molecule has 0 spiro atoms. The van der Waals surface area contributed by atoms with E-state index in [0.717, 1.165) is 0 Å². The van der Waals surface area contributed by atoms with Crippen molar-refractivity contribution in [2.75, 3.05) is 17.6 Å². The number of carbonyl (C=O) groups excluding carboxylic acids is 1. The predicted molar refractivity (Wildman–Crippen MR) is 72.6 cm³/mol. The van der Waals surface area contributed by atoms with Crippen LogP contribution in [0.15, 0.2) is 11.6 Å². The first-order valence-electron chi connectivity index (χ1n) is 5.04. The molecule has 0 fully saturated rings. The smallest absolute Gasteiger partial charge is 0.265 e. The zero-order chi connectivity index (χ0) is 13.0. The van der Waals surface area contributed by atoms with Gasteiger partial charge in [0.2, 0.25) is 0 Å². The van der Waals surface area contributed by atoms with Crippen LogP contribution in [0.4, 0.5) is 10.9 Å². The molecular weight excluding hydrogens is 260 g/mol. The molecule has 0 saturated heterocycles. The molecule has 0 bridgehead atoms. The minimum atomic E-state index is -0.293. The fourth-order valence-corrected chi connectivity index (χ4v) is 2.07. The largest absolute Gasteiger partial charge is 0.382 e. The summed E-state index contributed by atoms with van der Waals surface area (Å²) in [5, 5.41) is 6.68. The Labute approximate surface area is 109 Å². The third kappa shape index (κ3) is 4.24. The van der Waals surface area contributed by atoms with Crippen molar-refractivity contribution in [2.24, 2.45) is 0 Å². The Morgan fingerprint density at radius 3 is 2.82 bits per heavy atom. The number of hydrogen-bond donors (Lipinski definition) is 3. The Balaban J connectivity index is 2.73. The normalized spacial score (nSPS) is 10.4. The molecule has 5 nitrogen and oxygen atoms in total. The second-order valence-electron chi connectivity index (χ2n) is 3.73. The zero-order valence-electron chi connectivity index (χ0n) is 9.71. The van der Waals surface area contributed by atoms with Gasteiger partial charge in [-0.15, -0.1) is 0 Å². The molecule has 17 heavy (non-hydrogen) atoms. The number of amides is 1. The van der Waals surface area contributed by atoms with E-state index in [1.807, 2.05) is 13.8 Å².